The van der Waals surface area contributed by atoms with Crippen molar-refractivity contribution in [1.82, 2.24) is 19.5 Å². The zero-order valence-corrected chi connectivity index (χ0v) is 5.88. The molecule has 0 aliphatic heterocycles. The topological polar surface area (TPSA) is 80.9 Å². The fourth-order valence-corrected chi connectivity index (χ4v) is 0.907. The molecule has 2 aromatic heterocycles. The molecule has 0 radical (unpaired) electrons. The molecule has 0 aliphatic carbocycles. The van der Waals surface area contributed by atoms with Crippen LogP contribution in [0, 0.1) is 0 Å². The van der Waals surface area contributed by atoms with E-state index >= 15 is 0 Å². The summed E-state index contributed by atoms with van der Waals surface area (Å²) in [7, 11) is 0. The van der Waals surface area contributed by atoms with Crippen LogP contribution >= 0.6 is 0 Å². The summed E-state index contributed by atoms with van der Waals surface area (Å²) < 4.78 is 0.941. The van der Waals surface area contributed by atoms with Gasteiger partial charge in [-0.2, -0.15) is 0 Å². The van der Waals surface area contributed by atoms with Crippen molar-refractivity contribution in [1.29, 1.82) is 0 Å². The minimum Gasteiger partial charge on any atom is -0.464 e. The van der Waals surface area contributed by atoms with E-state index in [0.717, 1.165) is 4.57 Å². The van der Waals surface area contributed by atoms with Gasteiger partial charge in [-0.3, -0.25) is 0 Å². The van der Waals surface area contributed by atoms with Gasteiger partial charge >= 0.3 is 6.09 Å². The third-order valence-electron chi connectivity index (χ3n) is 1.42. The minimum atomic E-state index is -1.10. The van der Waals surface area contributed by atoms with Crippen molar-refractivity contribution in [3.8, 4) is 0 Å². The van der Waals surface area contributed by atoms with Crippen molar-refractivity contribution in [3.05, 3.63) is 18.9 Å². The smallest absolute Gasteiger partial charge is 0.418 e. The second-order valence-electron chi connectivity index (χ2n) is 2.13. The average Bonchev–Trinajstić information content (AvgIpc) is 2.47. The third kappa shape index (κ3) is 0.815. The van der Waals surface area contributed by atoms with Crippen LogP contribution in [0.25, 0.3) is 11.2 Å². The van der Waals surface area contributed by atoms with Gasteiger partial charge in [0.25, 0.3) is 0 Å². The molecule has 2 heterocycles. The summed E-state index contributed by atoms with van der Waals surface area (Å²) in [5, 5.41) is 8.63. The Hall–Kier alpha value is -1.98. The molecule has 0 aromatic carbocycles. The van der Waals surface area contributed by atoms with Gasteiger partial charge in [0.1, 0.15) is 18.2 Å². The number of carboxylic acid groups (broad SMARTS) is 1. The third-order valence-corrected chi connectivity index (χ3v) is 1.42. The van der Waals surface area contributed by atoms with Gasteiger partial charge in [0.05, 0.1) is 6.20 Å². The van der Waals surface area contributed by atoms with E-state index in [-0.39, 0.29) is 0 Å². The first-order chi connectivity index (χ1) is 5.79. The van der Waals surface area contributed by atoms with E-state index < -0.39 is 6.09 Å². The van der Waals surface area contributed by atoms with E-state index in [2.05, 4.69) is 15.0 Å². The molecule has 1 N–H and O–H groups in total. The minimum absolute atomic E-state index is 0.303. The first kappa shape index (κ1) is 6.71. The number of hydrogen-bond acceptors (Lipinski definition) is 4. The van der Waals surface area contributed by atoms with Crippen LogP contribution in [0.4, 0.5) is 4.79 Å². The average molecular weight is 164 g/mol. The van der Waals surface area contributed by atoms with Gasteiger partial charge in [0, 0.05) is 0 Å². The van der Waals surface area contributed by atoms with Gasteiger partial charge in [-0.15, -0.1) is 0 Å². The van der Waals surface area contributed by atoms with E-state index in [1.165, 1.54) is 18.9 Å². The van der Waals surface area contributed by atoms with Gasteiger partial charge < -0.3 is 5.11 Å². The van der Waals surface area contributed by atoms with E-state index in [9.17, 15) is 4.79 Å². The number of carbonyl (C=O) groups is 1. The lowest BCUT2D eigenvalue weighted by molar-refractivity contribution is 0.197. The maximum Gasteiger partial charge on any atom is 0.418 e. The fraction of sp³-hybridized carbons (Fsp3) is 0. The summed E-state index contributed by atoms with van der Waals surface area (Å²) in [5.41, 5.74) is 0.775. The molecule has 0 unspecified atom stereocenters. The number of hydrogen-bond donors (Lipinski definition) is 1. The summed E-state index contributed by atoms with van der Waals surface area (Å²) in [6, 6.07) is 0. The van der Waals surface area contributed by atoms with Crippen molar-refractivity contribution in [2.45, 2.75) is 0 Å². The van der Waals surface area contributed by atoms with Gasteiger partial charge in [-0.05, 0) is 0 Å². The molecule has 0 saturated heterocycles. The first-order valence-corrected chi connectivity index (χ1v) is 3.15. The molecule has 12 heavy (non-hydrogen) atoms. The fourth-order valence-electron chi connectivity index (χ4n) is 0.907. The summed E-state index contributed by atoms with van der Waals surface area (Å²) in [5.74, 6) is 0. The molecular weight excluding hydrogens is 160 g/mol. The Morgan fingerprint density at radius 1 is 1.50 bits per heavy atom. The molecule has 0 spiro atoms. The summed E-state index contributed by atoms with van der Waals surface area (Å²) >= 11 is 0. The molecule has 0 bridgehead atoms. The van der Waals surface area contributed by atoms with Crippen molar-refractivity contribution in [3.63, 3.8) is 0 Å². The van der Waals surface area contributed by atoms with E-state index in [0.29, 0.717) is 11.2 Å². The Kier molecular flexibility index (Phi) is 1.26. The molecule has 0 saturated carbocycles. The molecule has 2 aromatic rings. The zero-order chi connectivity index (χ0) is 8.55. The predicted molar refractivity (Wildman–Crippen MR) is 38.7 cm³/mol. The lowest BCUT2D eigenvalue weighted by atomic mass is 10.6. The Morgan fingerprint density at radius 3 is 3.08 bits per heavy atom. The molecule has 6 nitrogen and oxygen atoms in total. The standard InChI is InChI=1S/C6H4N4O2/c11-6(12)10-3-9-4-1-7-2-8-5(4)10/h1-3H,(H,11,12). The van der Waals surface area contributed by atoms with Gasteiger partial charge in [-0.1, -0.05) is 0 Å². The quantitative estimate of drug-likeness (QED) is 0.607. The zero-order valence-electron chi connectivity index (χ0n) is 5.88. The largest absolute Gasteiger partial charge is 0.464 e. The number of rotatable bonds is 0. The van der Waals surface area contributed by atoms with Crippen LogP contribution in [0.3, 0.4) is 0 Å². The molecule has 60 valence electrons. The predicted octanol–water partition coefficient (Wildman–Crippen LogP) is 0.352. The van der Waals surface area contributed by atoms with Crippen LogP contribution in [0.15, 0.2) is 18.9 Å². The van der Waals surface area contributed by atoms with E-state index in [4.69, 9.17) is 5.11 Å². The molecule has 0 aliphatic rings. The second kappa shape index (κ2) is 2.26. The first-order valence-electron chi connectivity index (χ1n) is 3.15. The molecule has 2 rings (SSSR count). The Labute approximate surface area is 66.5 Å². The van der Waals surface area contributed by atoms with Crippen molar-refractivity contribution < 1.29 is 9.90 Å². The highest BCUT2D eigenvalue weighted by molar-refractivity contribution is 5.81. The number of aromatic nitrogens is 4. The Balaban J connectivity index is 2.79. The summed E-state index contributed by atoms with van der Waals surface area (Å²) in [4.78, 5) is 21.8. The normalized spacial score (nSPS) is 10.3. The van der Waals surface area contributed by atoms with Gasteiger partial charge in [0.15, 0.2) is 5.65 Å². The monoisotopic (exact) mass is 164 g/mol. The molecule has 6 heteroatoms. The number of fused-ring (bicyclic) bond motifs is 1. The Bertz CT molecular complexity index is 436. The maximum absolute atomic E-state index is 10.5. The highest BCUT2D eigenvalue weighted by Crippen LogP contribution is 2.05. The van der Waals surface area contributed by atoms with Crippen LogP contribution < -0.4 is 0 Å². The highest BCUT2D eigenvalue weighted by Gasteiger charge is 2.07. The van der Waals surface area contributed by atoms with E-state index in [1.54, 1.807) is 0 Å². The summed E-state index contributed by atoms with van der Waals surface area (Å²) in [6.07, 6.45) is 2.84. The Morgan fingerprint density at radius 2 is 2.33 bits per heavy atom. The van der Waals surface area contributed by atoms with E-state index in [1.807, 2.05) is 0 Å². The lowest BCUT2D eigenvalue weighted by Crippen LogP contribution is -2.06. The SMILES string of the molecule is O=C(O)n1cnc2cncnc21. The van der Waals surface area contributed by atoms with Crippen molar-refractivity contribution in [2.75, 3.05) is 0 Å². The summed E-state index contributed by atoms with van der Waals surface area (Å²) in [6.45, 7) is 0. The van der Waals surface area contributed by atoms with Crippen LogP contribution in [0.2, 0.25) is 0 Å². The van der Waals surface area contributed by atoms with Gasteiger partial charge in [-0.25, -0.2) is 24.3 Å². The van der Waals surface area contributed by atoms with Crippen LogP contribution in [0.1, 0.15) is 0 Å². The second-order valence-corrected chi connectivity index (χ2v) is 2.13. The van der Waals surface area contributed by atoms with Crippen LogP contribution in [0.5, 0.6) is 0 Å². The van der Waals surface area contributed by atoms with Crippen molar-refractivity contribution >= 4 is 17.3 Å². The van der Waals surface area contributed by atoms with Crippen molar-refractivity contribution in [2.24, 2.45) is 0 Å². The lowest BCUT2D eigenvalue weighted by Gasteiger charge is -1.91. The number of imidazole rings is 1. The molecule has 0 amide bonds. The number of nitrogens with zero attached hydrogens (tertiary/aromatic N) is 4. The maximum atomic E-state index is 10.5. The molecular formula is C6H4N4O2. The van der Waals surface area contributed by atoms with Crippen LogP contribution in [-0.2, 0) is 0 Å². The molecule has 0 atom stereocenters. The molecule has 0 fully saturated rings. The van der Waals surface area contributed by atoms with Gasteiger partial charge in [0.2, 0.25) is 0 Å². The highest BCUT2D eigenvalue weighted by atomic mass is 16.4. The van der Waals surface area contributed by atoms with Crippen LogP contribution in [-0.4, -0.2) is 30.7 Å².